The van der Waals surface area contributed by atoms with Crippen LogP contribution < -0.4 is 5.73 Å². The Hall–Kier alpha value is -1.93. The SMILES string of the molecule is CCC(N)CC(=O)N(CC)Cc1ccc(C#N)cc1F. The molecule has 0 fully saturated rings. The summed E-state index contributed by atoms with van der Waals surface area (Å²) in [5.41, 5.74) is 6.45. The van der Waals surface area contributed by atoms with Crippen molar-refractivity contribution < 1.29 is 9.18 Å². The lowest BCUT2D eigenvalue weighted by Crippen LogP contribution is -2.35. The van der Waals surface area contributed by atoms with E-state index in [2.05, 4.69) is 0 Å². The van der Waals surface area contributed by atoms with Crippen molar-refractivity contribution in [2.24, 2.45) is 5.73 Å². The lowest BCUT2D eigenvalue weighted by atomic mass is 10.1. The van der Waals surface area contributed by atoms with E-state index in [1.165, 1.54) is 6.07 Å². The van der Waals surface area contributed by atoms with E-state index in [1.54, 1.807) is 17.0 Å². The largest absolute Gasteiger partial charge is 0.338 e. The molecule has 4 nitrogen and oxygen atoms in total. The highest BCUT2D eigenvalue weighted by atomic mass is 19.1. The summed E-state index contributed by atoms with van der Waals surface area (Å²) in [6, 6.07) is 6.00. The standard InChI is InChI=1S/C15H20FN3O/c1-3-13(18)8-15(20)19(4-2)10-12-6-5-11(9-17)7-14(12)16/h5-7,13H,3-4,8,10,18H2,1-2H3. The highest BCUT2D eigenvalue weighted by Gasteiger charge is 2.16. The number of halogens is 1. The second-order valence-electron chi connectivity index (χ2n) is 4.70. The molecule has 0 aromatic heterocycles. The van der Waals surface area contributed by atoms with Crippen molar-refractivity contribution in [1.29, 1.82) is 5.26 Å². The minimum atomic E-state index is -0.463. The van der Waals surface area contributed by atoms with E-state index in [-0.39, 0.29) is 30.5 Å². The molecule has 0 spiro atoms. The van der Waals surface area contributed by atoms with Gasteiger partial charge >= 0.3 is 0 Å². The monoisotopic (exact) mass is 277 g/mol. The Bertz CT molecular complexity index is 510. The fourth-order valence-corrected chi connectivity index (χ4v) is 1.82. The fourth-order valence-electron chi connectivity index (χ4n) is 1.82. The first-order chi connectivity index (χ1) is 9.51. The zero-order valence-corrected chi connectivity index (χ0v) is 11.9. The molecule has 20 heavy (non-hydrogen) atoms. The molecule has 1 aromatic rings. The number of nitrogens with zero attached hydrogens (tertiary/aromatic N) is 2. The second-order valence-corrected chi connectivity index (χ2v) is 4.70. The molecule has 2 N–H and O–H groups in total. The molecule has 0 bridgehead atoms. The predicted molar refractivity (Wildman–Crippen MR) is 75.1 cm³/mol. The van der Waals surface area contributed by atoms with Crippen LogP contribution in [-0.4, -0.2) is 23.4 Å². The molecule has 1 rings (SSSR count). The van der Waals surface area contributed by atoms with Gasteiger partial charge in [0, 0.05) is 31.1 Å². The summed E-state index contributed by atoms with van der Waals surface area (Å²) in [7, 11) is 0. The van der Waals surface area contributed by atoms with Gasteiger partial charge in [0.25, 0.3) is 0 Å². The maximum Gasteiger partial charge on any atom is 0.224 e. The average molecular weight is 277 g/mol. The van der Waals surface area contributed by atoms with Crippen LogP contribution in [0.5, 0.6) is 0 Å². The van der Waals surface area contributed by atoms with Gasteiger partial charge in [-0.2, -0.15) is 5.26 Å². The van der Waals surface area contributed by atoms with Crippen molar-refractivity contribution in [3.63, 3.8) is 0 Å². The first-order valence-corrected chi connectivity index (χ1v) is 6.73. The maximum atomic E-state index is 13.8. The summed E-state index contributed by atoms with van der Waals surface area (Å²) in [6.45, 7) is 4.46. The third kappa shape index (κ3) is 4.32. The number of nitrogens with two attached hydrogens (primary N) is 1. The molecule has 0 saturated heterocycles. The molecule has 0 aliphatic rings. The summed E-state index contributed by atoms with van der Waals surface area (Å²) >= 11 is 0. The molecule has 1 aromatic carbocycles. The number of amides is 1. The van der Waals surface area contributed by atoms with E-state index in [0.29, 0.717) is 12.1 Å². The van der Waals surface area contributed by atoms with Gasteiger partial charge in [-0.05, 0) is 25.5 Å². The molecule has 0 aliphatic heterocycles. The van der Waals surface area contributed by atoms with Crippen LogP contribution in [0, 0.1) is 17.1 Å². The number of carbonyl (C=O) groups excluding carboxylic acids is 1. The van der Waals surface area contributed by atoms with E-state index in [9.17, 15) is 9.18 Å². The van der Waals surface area contributed by atoms with Gasteiger partial charge in [-0.1, -0.05) is 13.0 Å². The number of carbonyl (C=O) groups is 1. The van der Waals surface area contributed by atoms with Crippen LogP contribution in [0.4, 0.5) is 4.39 Å². The van der Waals surface area contributed by atoms with Crippen LogP contribution in [0.2, 0.25) is 0 Å². The van der Waals surface area contributed by atoms with Crippen LogP contribution >= 0.6 is 0 Å². The van der Waals surface area contributed by atoms with Gasteiger partial charge in [-0.25, -0.2) is 4.39 Å². The Morgan fingerprint density at radius 1 is 1.50 bits per heavy atom. The lowest BCUT2D eigenvalue weighted by molar-refractivity contribution is -0.132. The Balaban J connectivity index is 2.78. The van der Waals surface area contributed by atoms with Gasteiger partial charge in [-0.3, -0.25) is 4.79 Å². The van der Waals surface area contributed by atoms with Crippen LogP contribution in [-0.2, 0) is 11.3 Å². The van der Waals surface area contributed by atoms with Gasteiger partial charge in [-0.15, -0.1) is 0 Å². The van der Waals surface area contributed by atoms with Crippen molar-refractivity contribution in [2.45, 2.75) is 39.3 Å². The molecule has 0 radical (unpaired) electrons. The summed E-state index contributed by atoms with van der Waals surface area (Å²) < 4.78 is 13.8. The third-order valence-electron chi connectivity index (χ3n) is 3.24. The molecule has 1 amide bonds. The molecule has 5 heteroatoms. The Morgan fingerprint density at radius 3 is 2.70 bits per heavy atom. The van der Waals surface area contributed by atoms with Gasteiger partial charge in [0.15, 0.2) is 0 Å². The van der Waals surface area contributed by atoms with Crippen molar-refractivity contribution in [3.8, 4) is 6.07 Å². The van der Waals surface area contributed by atoms with E-state index >= 15 is 0 Å². The summed E-state index contributed by atoms with van der Waals surface area (Å²) in [4.78, 5) is 13.6. The van der Waals surface area contributed by atoms with Crippen LogP contribution in [0.15, 0.2) is 18.2 Å². The predicted octanol–water partition coefficient (Wildman–Crippen LogP) is 2.17. The number of nitriles is 1. The second kappa shape index (κ2) is 7.61. The average Bonchev–Trinajstić information content (AvgIpc) is 2.45. The minimum Gasteiger partial charge on any atom is -0.338 e. The molecular formula is C15H20FN3O. The van der Waals surface area contributed by atoms with Crippen LogP contribution in [0.25, 0.3) is 0 Å². The minimum absolute atomic E-state index is 0.0781. The molecule has 1 unspecified atom stereocenters. The first-order valence-electron chi connectivity index (χ1n) is 6.73. The van der Waals surface area contributed by atoms with Crippen molar-refractivity contribution in [1.82, 2.24) is 4.90 Å². The van der Waals surface area contributed by atoms with Crippen LogP contribution in [0.3, 0.4) is 0 Å². The first kappa shape index (κ1) is 16.1. The van der Waals surface area contributed by atoms with E-state index in [1.807, 2.05) is 19.9 Å². The number of rotatable bonds is 6. The zero-order valence-electron chi connectivity index (χ0n) is 11.9. The van der Waals surface area contributed by atoms with E-state index in [0.717, 1.165) is 6.42 Å². The van der Waals surface area contributed by atoms with E-state index < -0.39 is 5.82 Å². The Labute approximate surface area is 119 Å². The Morgan fingerprint density at radius 2 is 2.20 bits per heavy atom. The quantitative estimate of drug-likeness (QED) is 0.866. The number of hydrogen-bond acceptors (Lipinski definition) is 3. The lowest BCUT2D eigenvalue weighted by Gasteiger charge is -2.22. The fraction of sp³-hybridized carbons (Fsp3) is 0.467. The smallest absolute Gasteiger partial charge is 0.224 e. The van der Waals surface area contributed by atoms with Crippen molar-refractivity contribution in [2.75, 3.05) is 6.54 Å². The molecule has 0 heterocycles. The third-order valence-corrected chi connectivity index (χ3v) is 3.24. The highest BCUT2D eigenvalue weighted by Crippen LogP contribution is 2.13. The maximum absolute atomic E-state index is 13.8. The number of hydrogen-bond donors (Lipinski definition) is 1. The molecular weight excluding hydrogens is 257 g/mol. The summed E-state index contributed by atoms with van der Waals surface area (Å²) in [5, 5.41) is 8.70. The van der Waals surface area contributed by atoms with E-state index in [4.69, 9.17) is 11.0 Å². The van der Waals surface area contributed by atoms with Crippen LogP contribution in [0.1, 0.15) is 37.8 Å². The van der Waals surface area contributed by atoms with Gasteiger partial charge in [0.1, 0.15) is 5.82 Å². The molecule has 108 valence electrons. The molecule has 0 saturated carbocycles. The van der Waals surface area contributed by atoms with Gasteiger partial charge in [0.05, 0.1) is 11.6 Å². The molecule has 1 atom stereocenters. The van der Waals surface area contributed by atoms with Gasteiger partial charge in [0.2, 0.25) is 5.91 Å². The summed E-state index contributed by atoms with van der Waals surface area (Å²) in [5.74, 6) is -0.541. The molecule has 0 aliphatic carbocycles. The topological polar surface area (TPSA) is 70.1 Å². The van der Waals surface area contributed by atoms with Crippen molar-refractivity contribution >= 4 is 5.91 Å². The Kier molecular flexibility index (Phi) is 6.13. The number of benzene rings is 1. The normalized spacial score (nSPS) is 11.8. The zero-order chi connectivity index (χ0) is 15.1. The highest BCUT2D eigenvalue weighted by molar-refractivity contribution is 5.76. The summed E-state index contributed by atoms with van der Waals surface area (Å²) in [6.07, 6.45) is 0.997. The van der Waals surface area contributed by atoms with Crippen molar-refractivity contribution in [3.05, 3.63) is 35.1 Å². The van der Waals surface area contributed by atoms with Gasteiger partial charge < -0.3 is 10.6 Å².